The third kappa shape index (κ3) is 4.96. The van der Waals surface area contributed by atoms with Gasteiger partial charge >= 0.3 is 6.18 Å². The van der Waals surface area contributed by atoms with Gasteiger partial charge in [0.05, 0.1) is 18.3 Å². The van der Waals surface area contributed by atoms with Crippen LogP contribution < -0.4 is 10.2 Å². The first-order chi connectivity index (χ1) is 13.4. The Morgan fingerprint density at radius 3 is 2.57 bits per heavy atom. The third-order valence-electron chi connectivity index (χ3n) is 4.62. The molecule has 2 heterocycles. The van der Waals surface area contributed by atoms with Crippen molar-refractivity contribution in [3.63, 3.8) is 0 Å². The van der Waals surface area contributed by atoms with Gasteiger partial charge in [0.1, 0.15) is 0 Å². The highest BCUT2D eigenvalue weighted by Gasteiger charge is 2.31. The number of hydrogen-bond acceptors (Lipinski definition) is 3. The van der Waals surface area contributed by atoms with Gasteiger partial charge in [-0.1, -0.05) is 6.07 Å². The highest BCUT2D eigenvalue weighted by molar-refractivity contribution is 5.80. The molecule has 1 aromatic carbocycles. The summed E-state index contributed by atoms with van der Waals surface area (Å²) in [6.07, 6.45) is -0.605. The molecule has 1 fully saturated rings. The number of hydrogen-bond donors (Lipinski definition) is 1. The molecule has 3 rings (SSSR count). The van der Waals surface area contributed by atoms with E-state index in [2.05, 4.69) is 20.3 Å². The van der Waals surface area contributed by atoms with Crippen molar-refractivity contribution >= 4 is 11.6 Å². The first kappa shape index (κ1) is 20.0. The summed E-state index contributed by atoms with van der Waals surface area (Å²) in [4.78, 5) is 8.80. The molecule has 9 heteroatoms. The molecule has 0 atom stereocenters. The second kappa shape index (κ2) is 8.53. The molecule has 0 unspecified atom stereocenters. The lowest BCUT2D eigenvalue weighted by Gasteiger charge is -2.38. The molecule has 1 N–H and O–H groups in total. The average molecular weight is 394 g/mol. The lowest BCUT2D eigenvalue weighted by Crippen LogP contribution is -2.52. The van der Waals surface area contributed by atoms with E-state index in [0.29, 0.717) is 38.4 Å². The molecule has 0 radical (unpaired) electrons. The fourth-order valence-electron chi connectivity index (χ4n) is 3.20. The Hall–Kier alpha value is -2.71. The van der Waals surface area contributed by atoms with Crippen LogP contribution in [0.4, 0.5) is 18.9 Å². The topological polar surface area (TPSA) is 48.7 Å². The van der Waals surface area contributed by atoms with Crippen molar-refractivity contribution in [2.45, 2.75) is 19.6 Å². The largest absolute Gasteiger partial charge is 0.416 e. The van der Waals surface area contributed by atoms with Crippen LogP contribution in [0.2, 0.25) is 0 Å². The van der Waals surface area contributed by atoms with E-state index in [0.717, 1.165) is 24.1 Å². The number of guanidine groups is 1. The molecule has 1 saturated heterocycles. The van der Waals surface area contributed by atoms with Crippen molar-refractivity contribution in [2.24, 2.45) is 12.0 Å². The van der Waals surface area contributed by atoms with Gasteiger partial charge in [0.25, 0.3) is 0 Å². The first-order valence-corrected chi connectivity index (χ1v) is 9.30. The number of aromatic nitrogens is 2. The Balaban J connectivity index is 1.64. The van der Waals surface area contributed by atoms with Gasteiger partial charge in [0.15, 0.2) is 5.96 Å². The Labute approximate surface area is 162 Å². The molecule has 1 aliphatic heterocycles. The number of aryl methyl sites for hydroxylation is 1. The second-order valence-electron chi connectivity index (χ2n) is 6.71. The minimum absolute atomic E-state index is 0.532. The normalized spacial score (nSPS) is 15.8. The molecule has 1 aliphatic rings. The first-order valence-electron chi connectivity index (χ1n) is 9.30. The molecule has 0 aliphatic carbocycles. The number of piperazine rings is 1. The monoisotopic (exact) mass is 394 g/mol. The van der Waals surface area contributed by atoms with Gasteiger partial charge in [-0.05, 0) is 25.1 Å². The van der Waals surface area contributed by atoms with Crippen molar-refractivity contribution in [1.29, 1.82) is 0 Å². The minimum atomic E-state index is -4.32. The van der Waals surface area contributed by atoms with E-state index in [1.54, 1.807) is 16.9 Å². The van der Waals surface area contributed by atoms with Crippen LogP contribution in [0.25, 0.3) is 0 Å². The standard InChI is InChI=1S/C19H25F3N6/c1-3-23-18(24-12-15-13-25-26(2)14-15)28-9-7-27(8-10-28)17-6-4-5-16(11-17)19(20,21)22/h4-6,11,13-14H,3,7-10,12H2,1-2H3,(H,23,24). The van der Waals surface area contributed by atoms with Crippen LogP contribution in [-0.2, 0) is 19.8 Å². The van der Waals surface area contributed by atoms with Gasteiger partial charge in [-0.2, -0.15) is 18.3 Å². The molecule has 6 nitrogen and oxygen atoms in total. The van der Waals surface area contributed by atoms with Crippen molar-refractivity contribution in [3.05, 3.63) is 47.8 Å². The summed E-state index contributed by atoms with van der Waals surface area (Å²) in [5, 5.41) is 7.44. The van der Waals surface area contributed by atoms with E-state index in [1.165, 1.54) is 12.1 Å². The molecule has 0 bridgehead atoms. The predicted molar refractivity (Wildman–Crippen MR) is 103 cm³/mol. The summed E-state index contributed by atoms with van der Waals surface area (Å²) in [6, 6.07) is 5.52. The number of benzene rings is 1. The average Bonchev–Trinajstić information content (AvgIpc) is 3.10. The number of anilines is 1. The predicted octanol–water partition coefficient (Wildman–Crippen LogP) is 2.73. The van der Waals surface area contributed by atoms with Crippen LogP contribution in [-0.4, -0.2) is 53.4 Å². The Morgan fingerprint density at radius 1 is 1.21 bits per heavy atom. The van der Waals surface area contributed by atoms with E-state index in [-0.39, 0.29) is 0 Å². The van der Waals surface area contributed by atoms with Crippen LogP contribution in [0, 0.1) is 0 Å². The summed E-state index contributed by atoms with van der Waals surface area (Å²) in [5.74, 6) is 0.815. The van der Waals surface area contributed by atoms with Crippen molar-refractivity contribution in [1.82, 2.24) is 20.0 Å². The summed E-state index contributed by atoms with van der Waals surface area (Å²) in [5.41, 5.74) is 1.02. The molecule has 1 aromatic heterocycles. The zero-order valence-electron chi connectivity index (χ0n) is 16.1. The number of halogens is 3. The SMILES string of the molecule is CCNC(=NCc1cnn(C)c1)N1CCN(c2cccc(C(F)(F)F)c2)CC1. The molecule has 0 amide bonds. The van der Waals surface area contributed by atoms with Crippen molar-refractivity contribution in [2.75, 3.05) is 37.6 Å². The second-order valence-corrected chi connectivity index (χ2v) is 6.71. The zero-order chi connectivity index (χ0) is 20.1. The molecular weight excluding hydrogens is 369 g/mol. The summed E-state index contributed by atoms with van der Waals surface area (Å²) < 4.78 is 40.6. The van der Waals surface area contributed by atoms with E-state index in [1.807, 2.05) is 25.1 Å². The highest BCUT2D eigenvalue weighted by Crippen LogP contribution is 2.31. The molecule has 28 heavy (non-hydrogen) atoms. The van der Waals surface area contributed by atoms with E-state index in [4.69, 9.17) is 0 Å². The molecule has 152 valence electrons. The number of nitrogens with one attached hydrogen (secondary N) is 1. The number of rotatable bonds is 4. The van der Waals surface area contributed by atoms with Crippen molar-refractivity contribution < 1.29 is 13.2 Å². The van der Waals surface area contributed by atoms with Crippen molar-refractivity contribution in [3.8, 4) is 0 Å². The maximum absolute atomic E-state index is 13.0. The van der Waals surface area contributed by atoms with Crippen LogP contribution in [0.15, 0.2) is 41.7 Å². The quantitative estimate of drug-likeness (QED) is 0.640. The molecular formula is C19H25F3N6. The summed E-state index contributed by atoms with van der Waals surface area (Å²) >= 11 is 0. The van der Waals surface area contributed by atoms with E-state index < -0.39 is 11.7 Å². The maximum atomic E-state index is 13.0. The van der Waals surface area contributed by atoms with Gasteiger partial charge in [-0.15, -0.1) is 0 Å². The van der Waals surface area contributed by atoms with Gasteiger partial charge < -0.3 is 15.1 Å². The fraction of sp³-hybridized carbons (Fsp3) is 0.474. The van der Waals surface area contributed by atoms with E-state index in [9.17, 15) is 13.2 Å². The van der Waals surface area contributed by atoms with Gasteiger partial charge in [-0.3, -0.25) is 4.68 Å². The summed E-state index contributed by atoms with van der Waals surface area (Å²) in [6.45, 7) is 5.95. The number of alkyl halides is 3. The molecule has 0 spiro atoms. The molecule has 2 aromatic rings. The van der Waals surface area contributed by atoms with Crippen LogP contribution in [0.3, 0.4) is 0 Å². The zero-order valence-corrected chi connectivity index (χ0v) is 16.1. The smallest absolute Gasteiger partial charge is 0.368 e. The van der Waals surface area contributed by atoms with Gasteiger partial charge in [0, 0.05) is 57.2 Å². The summed E-state index contributed by atoms with van der Waals surface area (Å²) in [7, 11) is 1.87. The Morgan fingerprint density at radius 2 is 1.96 bits per heavy atom. The maximum Gasteiger partial charge on any atom is 0.416 e. The Bertz CT molecular complexity index is 806. The van der Waals surface area contributed by atoms with Gasteiger partial charge in [0.2, 0.25) is 0 Å². The lowest BCUT2D eigenvalue weighted by molar-refractivity contribution is -0.137. The molecule has 0 saturated carbocycles. The fourth-order valence-corrected chi connectivity index (χ4v) is 3.20. The Kier molecular flexibility index (Phi) is 6.11. The number of nitrogens with zero attached hydrogens (tertiary/aromatic N) is 5. The van der Waals surface area contributed by atoms with Gasteiger partial charge in [-0.25, -0.2) is 4.99 Å². The minimum Gasteiger partial charge on any atom is -0.368 e. The van der Waals surface area contributed by atoms with E-state index >= 15 is 0 Å². The highest BCUT2D eigenvalue weighted by atomic mass is 19.4. The van der Waals surface area contributed by atoms with Crippen LogP contribution in [0.5, 0.6) is 0 Å². The third-order valence-corrected chi connectivity index (χ3v) is 4.62. The lowest BCUT2D eigenvalue weighted by atomic mass is 10.1. The van der Waals surface area contributed by atoms with Crippen LogP contribution >= 0.6 is 0 Å². The number of aliphatic imine (C=N–C) groups is 1. The van der Waals surface area contributed by atoms with Crippen LogP contribution in [0.1, 0.15) is 18.1 Å².